The van der Waals surface area contributed by atoms with Gasteiger partial charge in [-0.2, -0.15) is 0 Å². The molecule has 1 N–H and O–H groups in total. The van der Waals surface area contributed by atoms with Gasteiger partial charge in [0.15, 0.2) is 0 Å². The molecule has 1 saturated carbocycles. The van der Waals surface area contributed by atoms with Gasteiger partial charge in [-0.25, -0.2) is 0 Å². The molecule has 2 amide bonds. The van der Waals surface area contributed by atoms with Crippen LogP contribution in [0.1, 0.15) is 56.6 Å². The van der Waals surface area contributed by atoms with Crippen LogP contribution in [0.5, 0.6) is 0 Å². The van der Waals surface area contributed by atoms with Crippen molar-refractivity contribution in [3.8, 4) is 0 Å². The summed E-state index contributed by atoms with van der Waals surface area (Å²) < 4.78 is 0. The number of benzene rings is 2. The van der Waals surface area contributed by atoms with Crippen molar-refractivity contribution >= 4 is 58.4 Å². The molecule has 0 aliphatic heterocycles. The van der Waals surface area contributed by atoms with Gasteiger partial charge in [0.25, 0.3) is 0 Å². The molecule has 0 aromatic heterocycles. The second-order valence-corrected chi connectivity index (χ2v) is 10.9. The van der Waals surface area contributed by atoms with E-state index in [4.69, 9.17) is 34.8 Å². The maximum atomic E-state index is 13.4. The Morgan fingerprint density at radius 2 is 1.68 bits per heavy atom. The lowest BCUT2D eigenvalue weighted by Crippen LogP contribution is -2.52. The molecule has 8 heteroatoms. The zero-order chi connectivity index (χ0) is 24.5. The summed E-state index contributed by atoms with van der Waals surface area (Å²) >= 11 is 19.8. The van der Waals surface area contributed by atoms with Crippen LogP contribution >= 0.6 is 46.6 Å². The maximum Gasteiger partial charge on any atom is 0.243 e. The lowest BCUT2D eigenvalue weighted by atomic mass is 9.95. The lowest BCUT2D eigenvalue weighted by Gasteiger charge is -2.33. The molecule has 0 saturated heterocycles. The van der Waals surface area contributed by atoms with Gasteiger partial charge in [-0.05, 0) is 54.7 Å². The molecule has 0 radical (unpaired) electrons. The highest BCUT2D eigenvalue weighted by molar-refractivity contribution is 7.99. The molecule has 0 bridgehead atoms. The fraction of sp³-hybridized carbons (Fsp3) is 0.462. The van der Waals surface area contributed by atoms with E-state index in [0.717, 1.165) is 36.8 Å². The number of hydrogen-bond donors (Lipinski definition) is 1. The van der Waals surface area contributed by atoms with Crippen molar-refractivity contribution in [2.24, 2.45) is 0 Å². The number of amides is 2. The third kappa shape index (κ3) is 8.08. The first kappa shape index (κ1) is 27.2. The molecule has 2 aromatic rings. The van der Waals surface area contributed by atoms with Crippen molar-refractivity contribution < 1.29 is 9.59 Å². The predicted molar refractivity (Wildman–Crippen MR) is 144 cm³/mol. The summed E-state index contributed by atoms with van der Waals surface area (Å²) in [6, 6.07) is 12.6. The van der Waals surface area contributed by atoms with Crippen LogP contribution in [0, 0.1) is 0 Å². The number of carbonyl (C=O) groups is 2. The van der Waals surface area contributed by atoms with Crippen LogP contribution in [-0.4, -0.2) is 34.6 Å². The largest absolute Gasteiger partial charge is 0.352 e. The number of thioether (sulfide) groups is 1. The van der Waals surface area contributed by atoms with E-state index in [1.165, 1.54) is 18.2 Å². The van der Waals surface area contributed by atoms with E-state index < -0.39 is 6.04 Å². The average Bonchev–Trinajstić information content (AvgIpc) is 2.83. The number of nitrogens with zero attached hydrogens (tertiary/aromatic N) is 1. The van der Waals surface area contributed by atoms with Crippen molar-refractivity contribution in [2.75, 3.05) is 5.75 Å². The zero-order valence-corrected chi connectivity index (χ0v) is 22.5. The molecule has 1 atom stereocenters. The average molecular weight is 542 g/mol. The molecule has 0 heterocycles. The van der Waals surface area contributed by atoms with Gasteiger partial charge in [-0.15, -0.1) is 11.8 Å². The van der Waals surface area contributed by atoms with E-state index >= 15 is 0 Å². The summed E-state index contributed by atoms with van der Waals surface area (Å²) in [5.74, 6) is 0.812. The minimum absolute atomic E-state index is 0.0734. The summed E-state index contributed by atoms with van der Waals surface area (Å²) in [4.78, 5) is 28.3. The molecule has 0 unspecified atom stereocenters. The third-order valence-electron chi connectivity index (χ3n) is 6.08. The molecule has 2 aromatic carbocycles. The van der Waals surface area contributed by atoms with Gasteiger partial charge >= 0.3 is 0 Å². The predicted octanol–water partition coefficient (Wildman–Crippen LogP) is 7.14. The summed E-state index contributed by atoms with van der Waals surface area (Å²) in [7, 11) is 0. The third-order valence-corrected chi connectivity index (χ3v) is 8.06. The van der Waals surface area contributed by atoms with Crippen molar-refractivity contribution in [2.45, 2.75) is 69.8 Å². The van der Waals surface area contributed by atoms with Crippen LogP contribution in [0.2, 0.25) is 15.1 Å². The highest BCUT2D eigenvalue weighted by atomic mass is 35.5. The van der Waals surface area contributed by atoms with Gasteiger partial charge in [0.2, 0.25) is 11.8 Å². The second-order valence-electron chi connectivity index (χ2n) is 8.66. The first-order chi connectivity index (χ1) is 16.4. The van der Waals surface area contributed by atoms with Crippen molar-refractivity contribution in [3.05, 3.63) is 68.7 Å². The number of carbonyl (C=O) groups excluding carboxylic acids is 2. The van der Waals surface area contributed by atoms with Gasteiger partial charge in [0.05, 0.1) is 15.8 Å². The van der Waals surface area contributed by atoms with Gasteiger partial charge in [-0.3, -0.25) is 9.59 Å². The maximum absolute atomic E-state index is 13.4. The molecule has 4 nitrogen and oxygen atoms in total. The molecule has 34 heavy (non-hydrogen) atoms. The number of halogens is 3. The highest BCUT2D eigenvalue weighted by Crippen LogP contribution is 2.25. The van der Waals surface area contributed by atoms with Crippen LogP contribution in [0.15, 0.2) is 42.5 Å². The minimum Gasteiger partial charge on any atom is -0.352 e. The van der Waals surface area contributed by atoms with E-state index in [9.17, 15) is 9.59 Å². The van der Waals surface area contributed by atoms with Crippen molar-refractivity contribution in [3.63, 3.8) is 0 Å². The van der Waals surface area contributed by atoms with E-state index in [0.29, 0.717) is 33.8 Å². The van der Waals surface area contributed by atoms with Crippen molar-refractivity contribution in [1.82, 2.24) is 10.2 Å². The Balaban J connectivity index is 1.71. The molecule has 3 rings (SSSR count). The summed E-state index contributed by atoms with van der Waals surface area (Å²) in [5, 5.41) is 4.78. The van der Waals surface area contributed by atoms with Crippen molar-refractivity contribution in [1.29, 1.82) is 0 Å². The van der Waals surface area contributed by atoms with Crippen LogP contribution in [0.4, 0.5) is 0 Å². The normalized spacial score (nSPS) is 15.1. The number of nitrogens with one attached hydrogen (secondary N) is 1. The Morgan fingerprint density at radius 3 is 2.32 bits per heavy atom. The molecule has 184 valence electrons. The van der Waals surface area contributed by atoms with Gasteiger partial charge in [0.1, 0.15) is 6.04 Å². The Kier molecular flexibility index (Phi) is 10.9. The van der Waals surface area contributed by atoms with Crippen LogP contribution in [0.3, 0.4) is 0 Å². The molecule has 1 aliphatic carbocycles. The van der Waals surface area contributed by atoms with Crippen LogP contribution in [0.25, 0.3) is 0 Å². The van der Waals surface area contributed by atoms with Gasteiger partial charge in [0, 0.05) is 23.4 Å². The van der Waals surface area contributed by atoms with E-state index in [1.54, 1.807) is 17.0 Å². The summed E-state index contributed by atoms with van der Waals surface area (Å²) in [5.41, 5.74) is 1.94. The standard InChI is InChI=1S/C26H31Cl3N2O2S/c1-2-24(26(33)30-21-6-4-3-5-7-21)31(15-19-10-13-22(28)23(29)14-19)25(32)17-34-16-18-8-11-20(27)12-9-18/h8-14,21,24H,2-7,15-17H2,1H3,(H,30,33)/t24-/m1/s1. The van der Waals surface area contributed by atoms with Crippen LogP contribution in [-0.2, 0) is 21.9 Å². The molecule has 1 aliphatic rings. The SMILES string of the molecule is CC[C@H](C(=O)NC1CCCCC1)N(Cc1ccc(Cl)c(Cl)c1)C(=O)CSCc1ccc(Cl)cc1. The van der Waals surface area contributed by atoms with Crippen LogP contribution < -0.4 is 5.32 Å². The Morgan fingerprint density at radius 1 is 1.00 bits per heavy atom. The fourth-order valence-corrected chi connectivity index (χ4v) is 5.54. The first-order valence-electron chi connectivity index (χ1n) is 11.7. The first-order valence-corrected chi connectivity index (χ1v) is 14.0. The highest BCUT2D eigenvalue weighted by Gasteiger charge is 2.30. The topological polar surface area (TPSA) is 49.4 Å². The summed E-state index contributed by atoms with van der Waals surface area (Å²) in [6.45, 7) is 2.24. The smallest absolute Gasteiger partial charge is 0.243 e. The minimum atomic E-state index is -0.542. The van der Waals surface area contributed by atoms with Gasteiger partial charge in [-0.1, -0.05) is 79.2 Å². The monoisotopic (exact) mass is 540 g/mol. The zero-order valence-electron chi connectivity index (χ0n) is 19.4. The fourth-order valence-electron chi connectivity index (χ4n) is 4.22. The summed E-state index contributed by atoms with van der Waals surface area (Å²) in [6.07, 6.45) is 6.02. The van der Waals surface area contributed by atoms with Gasteiger partial charge < -0.3 is 10.2 Å². The Hall–Kier alpha value is -1.40. The molecular formula is C26H31Cl3N2O2S. The Bertz CT molecular complexity index is 965. The lowest BCUT2D eigenvalue weighted by molar-refractivity contribution is -0.139. The second kappa shape index (κ2) is 13.6. The number of hydrogen-bond acceptors (Lipinski definition) is 3. The van der Waals surface area contributed by atoms with E-state index in [2.05, 4.69) is 5.32 Å². The van der Waals surface area contributed by atoms with E-state index in [1.807, 2.05) is 37.3 Å². The Labute approximate surface area is 221 Å². The molecule has 0 spiro atoms. The molecular weight excluding hydrogens is 511 g/mol. The molecule has 1 fully saturated rings. The quantitative estimate of drug-likeness (QED) is 0.348. The number of rotatable bonds is 10. The van der Waals surface area contributed by atoms with E-state index in [-0.39, 0.29) is 23.6 Å².